The van der Waals surface area contributed by atoms with Gasteiger partial charge >= 0.3 is 11.9 Å². The Bertz CT molecular complexity index is 1520. The Labute approximate surface area is 259 Å². The number of fused-ring (bicyclic) bond motifs is 6. The van der Waals surface area contributed by atoms with Gasteiger partial charge in [0.2, 0.25) is 0 Å². The summed E-state index contributed by atoms with van der Waals surface area (Å²) < 4.78 is 28.9. The number of aromatic nitrogens is 1. The van der Waals surface area contributed by atoms with Gasteiger partial charge < -0.3 is 28.7 Å². The summed E-state index contributed by atoms with van der Waals surface area (Å²) in [5.74, 6) is 0.473. The van der Waals surface area contributed by atoms with Gasteiger partial charge in [0.15, 0.2) is 0 Å². The number of methoxy groups -OCH3 is 3. The number of aromatic amines is 1. The molecule has 2 fully saturated rings. The van der Waals surface area contributed by atoms with Crippen molar-refractivity contribution in [3.8, 4) is 11.5 Å². The zero-order chi connectivity index (χ0) is 31.1. The average molecular weight is 605 g/mol. The van der Waals surface area contributed by atoms with Crippen LogP contribution in [0.1, 0.15) is 65.0 Å². The van der Waals surface area contributed by atoms with Crippen LogP contribution in [0.5, 0.6) is 11.5 Å². The summed E-state index contributed by atoms with van der Waals surface area (Å²) in [6, 6.07) is 10.1. The van der Waals surface area contributed by atoms with Crippen LogP contribution in [0, 0.1) is 31.6 Å². The molecule has 0 bridgehead atoms. The highest BCUT2D eigenvalue weighted by Crippen LogP contribution is 2.50. The van der Waals surface area contributed by atoms with Gasteiger partial charge in [-0.2, -0.15) is 0 Å². The second kappa shape index (κ2) is 12.4. The molecule has 6 rings (SSSR count). The van der Waals surface area contributed by atoms with Crippen molar-refractivity contribution >= 4 is 22.8 Å². The first-order valence-corrected chi connectivity index (χ1v) is 15.8. The van der Waals surface area contributed by atoms with Gasteiger partial charge in [0.05, 0.1) is 38.3 Å². The molecular formula is C35H44N2O7. The topological polar surface area (TPSA) is 99.3 Å². The molecule has 1 saturated heterocycles. The van der Waals surface area contributed by atoms with Crippen molar-refractivity contribution in [3.05, 3.63) is 58.3 Å². The van der Waals surface area contributed by atoms with Gasteiger partial charge in [-0.25, -0.2) is 4.79 Å². The fourth-order valence-electron chi connectivity index (χ4n) is 8.10. The van der Waals surface area contributed by atoms with Crippen molar-refractivity contribution in [1.29, 1.82) is 0 Å². The Kier molecular flexibility index (Phi) is 8.61. The molecule has 9 heteroatoms. The molecule has 1 aliphatic carbocycles. The maximum atomic E-state index is 13.7. The van der Waals surface area contributed by atoms with E-state index in [1.54, 1.807) is 14.2 Å². The highest BCUT2D eigenvalue weighted by molar-refractivity contribution is 5.93. The van der Waals surface area contributed by atoms with Crippen molar-refractivity contribution in [1.82, 2.24) is 9.88 Å². The SMILES string of the molecule is CCCOc1cc(C)c(C(=O)O[C@@H]2C[C@H]3CN4CCc5c([nH]c6cc(OC)ccc56)[C@@H]4C[C@@H]3[C@H](C(=O)OC)[C@@H]2OC)c(C)c1. The number of aryl methyl sites for hydroxylation is 2. The highest BCUT2D eigenvalue weighted by Gasteiger charge is 2.54. The average Bonchev–Trinajstić information content (AvgIpc) is 3.39. The van der Waals surface area contributed by atoms with Crippen LogP contribution in [0.4, 0.5) is 0 Å². The number of hydrogen-bond donors (Lipinski definition) is 1. The molecule has 0 radical (unpaired) electrons. The van der Waals surface area contributed by atoms with E-state index in [4.69, 9.17) is 23.7 Å². The Morgan fingerprint density at radius 3 is 2.48 bits per heavy atom. The van der Waals surface area contributed by atoms with E-state index in [0.717, 1.165) is 60.5 Å². The van der Waals surface area contributed by atoms with Gasteiger partial charge in [0, 0.05) is 42.9 Å². The van der Waals surface area contributed by atoms with Gasteiger partial charge in [-0.3, -0.25) is 9.69 Å². The van der Waals surface area contributed by atoms with Crippen LogP contribution < -0.4 is 9.47 Å². The Morgan fingerprint density at radius 2 is 1.80 bits per heavy atom. The van der Waals surface area contributed by atoms with E-state index in [1.807, 2.05) is 32.0 Å². The van der Waals surface area contributed by atoms with Crippen LogP contribution in [-0.4, -0.2) is 75.1 Å². The number of rotatable bonds is 8. The van der Waals surface area contributed by atoms with E-state index in [1.165, 1.54) is 23.8 Å². The molecular weight excluding hydrogens is 560 g/mol. The number of carbonyl (C=O) groups excluding carboxylic acids is 2. The third-order valence-corrected chi connectivity index (χ3v) is 10.0. The number of nitrogens with zero attached hydrogens (tertiary/aromatic N) is 1. The molecule has 44 heavy (non-hydrogen) atoms. The van der Waals surface area contributed by atoms with E-state index in [2.05, 4.69) is 28.9 Å². The van der Waals surface area contributed by atoms with Crippen LogP contribution >= 0.6 is 0 Å². The van der Waals surface area contributed by atoms with Crippen LogP contribution in [0.3, 0.4) is 0 Å². The Hall–Kier alpha value is -3.56. The molecule has 2 aromatic carbocycles. The largest absolute Gasteiger partial charge is 0.497 e. The monoisotopic (exact) mass is 604 g/mol. The molecule has 3 aromatic rings. The molecule has 0 unspecified atom stereocenters. The van der Waals surface area contributed by atoms with Crippen LogP contribution in [0.25, 0.3) is 10.9 Å². The van der Waals surface area contributed by atoms with Crippen molar-refractivity contribution in [2.24, 2.45) is 17.8 Å². The molecule has 3 heterocycles. The molecule has 0 spiro atoms. The first-order chi connectivity index (χ1) is 21.3. The molecule has 1 aromatic heterocycles. The summed E-state index contributed by atoms with van der Waals surface area (Å²) in [5.41, 5.74) is 5.77. The van der Waals surface area contributed by atoms with Crippen molar-refractivity contribution in [2.75, 3.05) is 41.0 Å². The number of piperidine rings is 1. The van der Waals surface area contributed by atoms with E-state index >= 15 is 0 Å². The lowest BCUT2D eigenvalue weighted by Gasteiger charge is -2.52. The van der Waals surface area contributed by atoms with Gasteiger partial charge in [0.1, 0.15) is 23.7 Å². The zero-order valence-corrected chi connectivity index (χ0v) is 26.6. The molecule has 6 atom stereocenters. The maximum absolute atomic E-state index is 13.7. The van der Waals surface area contributed by atoms with Crippen molar-refractivity contribution in [2.45, 2.75) is 64.7 Å². The number of hydrogen-bond acceptors (Lipinski definition) is 8. The van der Waals surface area contributed by atoms with Crippen LogP contribution in [0.2, 0.25) is 0 Å². The summed E-state index contributed by atoms with van der Waals surface area (Å²) in [7, 11) is 4.70. The number of H-pyrrole nitrogens is 1. The second-order valence-electron chi connectivity index (χ2n) is 12.6. The van der Waals surface area contributed by atoms with Gasteiger partial charge in [-0.1, -0.05) is 6.92 Å². The van der Waals surface area contributed by atoms with Crippen LogP contribution in [0.15, 0.2) is 30.3 Å². The first-order valence-electron chi connectivity index (χ1n) is 15.8. The second-order valence-corrected chi connectivity index (χ2v) is 12.6. The fraction of sp³-hybridized carbons (Fsp3) is 0.543. The number of carbonyl (C=O) groups is 2. The minimum Gasteiger partial charge on any atom is -0.497 e. The number of nitrogens with one attached hydrogen (secondary N) is 1. The molecule has 0 amide bonds. The maximum Gasteiger partial charge on any atom is 0.339 e. The molecule has 236 valence electrons. The van der Waals surface area contributed by atoms with E-state index in [-0.39, 0.29) is 23.8 Å². The third-order valence-electron chi connectivity index (χ3n) is 10.0. The van der Waals surface area contributed by atoms with Crippen molar-refractivity contribution in [3.63, 3.8) is 0 Å². The minimum atomic E-state index is -0.609. The Balaban J connectivity index is 1.28. The molecule has 1 saturated carbocycles. The molecule has 9 nitrogen and oxygen atoms in total. The lowest BCUT2D eigenvalue weighted by molar-refractivity contribution is -0.176. The summed E-state index contributed by atoms with van der Waals surface area (Å²) in [5, 5.41) is 1.23. The lowest BCUT2D eigenvalue weighted by Crippen LogP contribution is -2.58. The summed E-state index contributed by atoms with van der Waals surface area (Å²) in [6.45, 7) is 8.22. The minimum absolute atomic E-state index is 0.0222. The van der Waals surface area contributed by atoms with Gasteiger partial charge in [0.25, 0.3) is 0 Å². The van der Waals surface area contributed by atoms with Crippen molar-refractivity contribution < 1.29 is 33.3 Å². The number of esters is 2. The number of benzene rings is 2. The smallest absolute Gasteiger partial charge is 0.339 e. The summed E-state index contributed by atoms with van der Waals surface area (Å²) in [4.78, 5) is 33.4. The summed E-state index contributed by atoms with van der Waals surface area (Å²) in [6.07, 6.45) is 2.08. The Morgan fingerprint density at radius 1 is 1.02 bits per heavy atom. The fourth-order valence-corrected chi connectivity index (χ4v) is 8.10. The molecule has 2 aliphatic heterocycles. The predicted octanol–water partition coefficient (Wildman–Crippen LogP) is 5.55. The van der Waals surface area contributed by atoms with E-state index in [0.29, 0.717) is 18.6 Å². The quantitative estimate of drug-likeness (QED) is 0.334. The number of ether oxygens (including phenoxy) is 5. The highest BCUT2D eigenvalue weighted by atomic mass is 16.6. The third kappa shape index (κ3) is 5.34. The molecule has 1 N–H and O–H groups in total. The zero-order valence-electron chi connectivity index (χ0n) is 26.6. The summed E-state index contributed by atoms with van der Waals surface area (Å²) >= 11 is 0. The van der Waals surface area contributed by atoms with E-state index < -0.39 is 24.1 Å². The predicted molar refractivity (Wildman–Crippen MR) is 166 cm³/mol. The van der Waals surface area contributed by atoms with E-state index in [9.17, 15) is 9.59 Å². The standard InChI is InChI=1S/C35H44N2O7/c1-7-12-43-23-13-19(2)30(20(3)14-23)35(39)44-29-15-21-18-37-11-10-25-24-9-8-22(40-4)16-27(24)36-32(25)28(37)17-26(21)31(33(29)41-5)34(38)42-6/h8-9,13-14,16,21,26,28-29,31,33,36H,7,10-12,15,17-18H2,1-6H3/t21-,26-,28-,29+,31-,33+/m0/s1. The van der Waals surface area contributed by atoms with Crippen LogP contribution in [-0.2, 0) is 25.4 Å². The lowest BCUT2D eigenvalue weighted by atomic mass is 9.63. The normalized spacial score (nSPS) is 26.3. The molecule has 3 aliphatic rings. The van der Waals surface area contributed by atoms with Gasteiger partial charge in [-0.15, -0.1) is 0 Å². The van der Waals surface area contributed by atoms with Gasteiger partial charge in [-0.05, 0) is 92.3 Å². The first kappa shape index (κ1) is 30.5.